The Morgan fingerprint density at radius 3 is 2.55 bits per heavy atom. The quantitative estimate of drug-likeness (QED) is 0.854. The molecule has 0 spiro atoms. The maximum Gasteiger partial charge on any atom is 0.0859 e. The molecule has 0 aliphatic heterocycles. The maximum atomic E-state index is 10.9. The van der Waals surface area contributed by atoms with Gasteiger partial charge in [0.25, 0.3) is 0 Å². The van der Waals surface area contributed by atoms with Crippen LogP contribution in [0.3, 0.4) is 0 Å². The van der Waals surface area contributed by atoms with Gasteiger partial charge in [0.1, 0.15) is 0 Å². The van der Waals surface area contributed by atoms with Crippen LogP contribution in [-0.4, -0.2) is 11.7 Å². The van der Waals surface area contributed by atoms with Gasteiger partial charge in [-0.3, -0.25) is 0 Å². The standard InChI is InChI=1S/C16H23Cl2NO/c1-2-11-4-3-5-16(9-11,10-19)15(20)12-6-13(17)8-14(18)7-12/h6-8,11,15,20H,2-5,9-10,19H2,1H3. The fraction of sp³-hybridized carbons (Fsp3) is 0.625. The third-order valence-electron chi connectivity index (χ3n) is 4.75. The van der Waals surface area contributed by atoms with Crippen LogP contribution in [0.15, 0.2) is 18.2 Å². The molecular weight excluding hydrogens is 293 g/mol. The van der Waals surface area contributed by atoms with Gasteiger partial charge in [-0.2, -0.15) is 0 Å². The molecule has 1 aliphatic carbocycles. The van der Waals surface area contributed by atoms with Crippen LogP contribution in [0.4, 0.5) is 0 Å². The Morgan fingerprint density at radius 2 is 2.00 bits per heavy atom. The van der Waals surface area contributed by atoms with Gasteiger partial charge in [-0.05, 0) is 42.5 Å². The molecule has 20 heavy (non-hydrogen) atoms. The molecule has 0 bridgehead atoms. The van der Waals surface area contributed by atoms with Crippen LogP contribution < -0.4 is 5.73 Å². The van der Waals surface area contributed by atoms with E-state index in [1.165, 1.54) is 6.42 Å². The van der Waals surface area contributed by atoms with E-state index in [1.807, 2.05) is 0 Å². The lowest BCUT2D eigenvalue weighted by Gasteiger charge is -2.43. The highest BCUT2D eigenvalue weighted by Crippen LogP contribution is 2.48. The van der Waals surface area contributed by atoms with Crippen molar-refractivity contribution >= 4 is 23.2 Å². The summed E-state index contributed by atoms with van der Waals surface area (Å²) >= 11 is 12.1. The molecule has 1 aromatic carbocycles. The number of hydrogen-bond donors (Lipinski definition) is 2. The molecule has 3 unspecified atom stereocenters. The first kappa shape index (κ1) is 16.1. The average Bonchev–Trinajstić information content (AvgIpc) is 2.45. The molecule has 1 saturated carbocycles. The first-order valence-electron chi connectivity index (χ1n) is 7.35. The van der Waals surface area contributed by atoms with Crippen LogP contribution in [0, 0.1) is 11.3 Å². The van der Waals surface area contributed by atoms with E-state index in [0.29, 0.717) is 22.5 Å². The zero-order valence-electron chi connectivity index (χ0n) is 11.9. The number of nitrogens with two attached hydrogens (primary N) is 1. The summed E-state index contributed by atoms with van der Waals surface area (Å²) in [6, 6.07) is 5.28. The van der Waals surface area contributed by atoms with Crippen molar-refractivity contribution in [1.29, 1.82) is 0 Å². The number of aliphatic hydroxyl groups excluding tert-OH is 1. The third-order valence-corrected chi connectivity index (χ3v) is 5.18. The summed E-state index contributed by atoms with van der Waals surface area (Å²) in [4.78, 5) is 0. The molecule has 0 heterocycles. The molecule has 0 saturated heterocycles. The number of hydrogen-bond acceptors (Lipinski definition) is 2. The van der Waals surface area contributed by atoms with Crippen LogP contribution in [0.25, 0.3) is 0 Å². The van der Waals surface area contributed by atoms with Crippen molar-refractivity contribution in [3.05, 3.63) is 33.8 Å². The molecule has 112 valence electrons. The topological polar surface area (TPSA) is 46.2 Å². The molecule has 0 aromatic heterocycles. The molecule has 1 fully saturated rings. The lowest BCUT2D eigenvalue weighted by Crippen LogP contribution is -2.41. The monoisotopic (exact) mass is 315 g/mol. The van der Waals surface area contributed by atoms with Gasteiger partial charge < -0.3 is 10.8 Å². The van der Waals surface area contributed by atoms with Crippen molar-refractivity contribution in [3.63, 3.8) is 0 Å². The molecule has 2 rings (SSSR count). The Kier molecular flexibility index (Phi) is 5.36. The molecule has 1 aromatic rings. The second kappa shape index (κ2) is 6.65. The molecule has 2 nitrogen and oxygen atoms in total. The van der Waals surface area contributed by atoms with E-state index in [2.05, 4.69) is 6.92 Å². The normalized spacial score (nSPS) is 28.4. The SMILES string of the molecule is CCC1CCCC(CN)(C(O)c2cc(Cl)cc(Cl)c2)C1. The van der Waals surface area contributed by atoms with E-state index in [4.69, 9.17) is 28.9 Å². The highest BCUT2D eigenvalue weighted by atomic mass is 35.5. The van der Waals surface area contributed by atoms with E-state index in [0.717, 1.165) is 31.2 Å². The van der Waals surface area contributed by atoms with Crippen LogP contribution >= 0.6 is 23.2 Å². The smallest absolute Gasteiger partial charge is 0.0859 e. The van der Waals surface area contributed by atoms with Gasteiger partial charge in [0, 0.05) is 22.0 Å². The van der Waals surface area contributed by atoms with Crippen molar-refractivity contribution < 1.29 is 5.11 Å². The van der Waals surface area contributed by atoms with Gasteiger partial charge in [0.15, 0.2) is 0 Å². The summed E-state index contributed by atoms with van der Waals surface area (Å²) in [6.45, 7) is 2.70. The number of aliphatic hydroxyl groups is 1. The summed E-state index contributed by atoms with van der Waals surface area (Å²) in [7, 11) is 0. The van der Waals surface area contributed by atoms with E-state index in [1.54, 1.807) is 18.2 Å². The molecule has 3 N–H and O–H groups in total. The fourth-order valence-electron chi connectivity index (χ4n) is 3.50. The van der Waals surface area contributed by atoms with Crippen molar-refractivity contribution in [3.8, 4) is 0 Å². The van der Waals surface area contributed by atoms with Crippen LogP contribution in [0.2, 0.25) is 10.0 Å². The fourth-order valence-corrected chi connectivity index (χ4v) is 4.05. The zero-order valence-corrected chi connectivity index (χ0v) is 13.4. The first-order valence-corrected chi connectivity index (χ1v) is 8.10. The van der Waals surface area contributed by atoms with E-state index < -0.39 is 6.10 Å². The lowest BCUT2D eigenvalue weighted by atomic mass is 9.64. The predicted octanol–water partition coefficient (Wildman–Crippen LogP) is 4.57. The Bertz CT molecular complexity index is 446. The van der Waals surface area contributed by atoms with E-state index >= 15 is 0 Å². The third kappa shape index (κ3) is 3.30. The minimum Gasteiger partial charge on any atom is -0.388 e. The largest absolute Gasteiger partial charge is 0.388 e. The summed E-state index contributed by atoms with van der Waals surface area (Å²) in [5.74, 6) is 0.650. The Labute approximate surface area is 131 Å². The molecule has 3 atom stereocenters. The summed E-state index contributed by atoms with van der Waals surface area (Å²) < 4.78 is 0. The zero-order chi connectivity index (χ0) is 14.8. The second-order valence-corrected chi connectivity index (χ2v) is 6.92. The molecule has 0 amide bonds. The number of halogens is 2. The van der Waals surface area contributed by atoms with E-state index in [-0.39, 0.29) is 5.41 Å². The summed E-state index contributed by atoms with van der Waals surface area (Å²) in [5, 5.41) is 12.0. The predicted molar refractivity (Wildman–Crippen MR) is 85.2 cm³/mol. The first-order chi connectivity index (χ1) is 9.50. The molecular formula is C16H23Cl2NO. The van der Waals surface area contributed by atoms with Crippen LogP contribution in [0.5, 0.6) is 0 Å². The number of benzene rings is 1. The van der Waals surface area contributed by atoms with Gasteiger partial charge in [-0.15, -0.1) is 0 Å². The molecule has 1 aliphatic rings. The van der Waals surface area contributed by atoms with Crippen molar-refractivity contribution in [2.45, 2.75) is 45.1 Å². The lowest BCUT2D eigenvalue weighted by molar-refractivity contribution is -0.0162. The highest BCUT2D eigenvalue weighted by Gasteiger charge is 2.41. The van der Waals surface area contributed by atoms with Crippen molar-refractivity contribution in [1.82, 2.24) is 0 Å². The minimum atomic E-state index is -0.599. The van der Waals surface area contributed by atoms with Crippen molar-refractivity contribution in [2.24, 2.45) is 17.1 Å². The van der Waals surface area contributed by atoms with Gasteiger partial charge in [0.05, 0.1) is 6.10 Å². The van der Waals surface area contributed by atoms with Crippen LogP contribution in [-0.2, 0) is 0 Å². The van der Waals surface area contributed by atoms with E-state index in [9.17, 15) is 5.11 Å². The van der Waals surface area contributed by atoms with Gasteiger partial charge in [0.2, 0.25) is 0 Å². The Balaban J connectivity index is 2.30. The maximum absolute atomic E-state index is 10.9. The molecule has 0 radical (unpaired) electrons. The van der Waals surface area contributed by atoms with Gasteiger partial charge in [-0.25, -0.2) is 0 Å². The summed E-state index contributed by atoms with van der Waals surface area (Å²) in [5.41, 5.74) is 6.58. The molecule has 4 heteroatoms. The highest BCUT2D eigenvalue weighted by molar-refractivity contribution is 6.34. The minimum absolute atomic E-state index is 0.243. The van der Waals surface area contributed by atoms with Gasteiger partial charge in [-0.1, -0.05) is 49.4 Å². The second-order valence-electron chi connectivity index (χ2n) is 6.04. The Hall–Kier alpha value is -0.280. The van der Waals surface area contributed by atoms with Crippen molar-refractivity contribution in [2.75, 3.05) is 6.54 Å². The number of rotatable bonds is 4. The van der Waals surface area contributed by atoms with Gasteiger partial charge >= 0.3 is 0 Å². The summed E-state index contributed by atoms with van der Waals surface area (Å²) in [6.07, 6.45) is 4.85. The van der Waals surface area contributed by atoms with Crippen LogP contribution in [0.1, 0.15) is 50.7 Å². The average molecular weight is 316 g/mol. The Morgan fingerprint density at radius 1 is 1.35 bits per heavy atom.